The summed E-state index contributed by atoms with van der Waals surface area (Å²) in [6, 6.07) is 19.3. The van der Waals surface area contributed by atoms with Gasteiger partial charge in [0.2, 0.25) is 5.95 Å². The highest BCUT2D eigenvalue weighted by atomic mass is 16.5. The van der Waals surface area contributed by atoms with Crippen LogP contribution in [-0.4, -0.2) is 42.1 Å². The van der Waals surface area contributed by atoms with Gasteiger partial charge in [-0.05, 0) is 56.6 Å². The number of nitrogens with one attached hydrogen (secondary N) is 2. The Morgan fingerprint density at radius 2 is 1.65 bits per heavy atom. The topological polar surface area (TPSA) is 62.3 Å². The fraction of sp³-hybridized carbons (Fsp3) is 0.200. The first-order valence-corrected chi connectivity index (χ1v) is 8.51. The smallest absolute Gasteiger partial charge is 0.229 e. The summed E-state index contributed by atoms with van der Waals surface area (Å²) < 4.78 is 5.79. The molecule has 0 fully saturated rings. The third-order valence-electron chi connectivity index (χ3n) is 3.61. The van der Waals surface area contributed by atoms with E-state index in [-0.39, 0.29) is 0 Å². The highest BCUT2D eigenvalue weighted by molar-refractivity contribution is 5.56. The number of likely N-dealkylation sites (N-methyl/N-ethyl adjacent to an activating group) is 1. The molecule has 0 spiro atoms. The second-order valence-electron chi connectivity index (χ2n) is 6.06. The minimum atomic E-state index is 0.552. The zero-order chi connectivity index (χ0) is 18.2. The molecule has 0 bridgehead atoms. The molecule has 6 heteroatoms. The van der Waals surface area contributed by atoms with Crippen molar-refractivity contribution in [3.63, 3.8) is 0 Å². The maximum Gasteiger partial charge on any atom is 0.229 e. The lowest BCUT2D eigenvalue weighted by atomic mass is 10.3. The summed E-state index contributed by atoms with van der Waals surface area (Å²) in [4.78, 5) is 10.9. The van der Waals surface area contributed by atoms with E-state index in [2.05, 4.69) is 25.5 Å². The maximum absolute atomic E-state index is 5.79. The molecule has 1 aromatic heterocycles. The lowest BCUT2D eigenvalue weighted by Crippen LogP contribution is -2.21. The number of aromatic nitrogens is 2. The van der Waals surface area contributed by atoms with E-state index in [0.717, 1.165) is 36.1 Å². The van der Waals surface area contributed by atoms with Crippen LogP contribution in [0.25, 0.3) is 0 Å². The molecular weight excluding hydrogens is 326 g/mol. The van der Waals surface area contributed by atoms with Gasteiger partial charge in [-0.1, -0.05) is 18.2 Å². The van der Waals surface area contributed by atoms with Gasteiger partial charge in [-0.25, -0.2) is 4.98 Å². The van der Waals surface area contributed by atoms with Crippen LogP contribution < -0.4 is 15.4 Å². The molecule has 0 saturated carbocycles. The number of anilines is 3. The fourth-order valence-electron chi connectivity index (χ4n) is 2.28. The van der Waals surface area contributed by atoms with Crippen LogP contribution in [-0.2, 0) is 0 Å². The lowest BCUT2D eigenvalue weighted by molar-refractivity contribution is 0.425. The predicted molar refractivity (Wildman–Crippen MR) is 105 cm³/mol. The molecule has 2 N–H and O–H groups in total. The Balaban J connectivity index is 1.58. The molecule has 0 radical (unpaired) electrons. The Morgan fingerprint density at radius 3 is 2.38 bits per heavy atom. The summed E-state index contributed by atoms with van der Waals surface area (Å²) in [5.74, 6) is 2.94. The van der Waals surface area contributed by atoms with E-state index in [1.807, 2.05) is 74.8 Å². The van der Waals surface area contributed by atoms with Crippen LogP contribution in [0.1, 0.15) is 0 Å². The highest BCUT2D eigenvalue weighted by Gasteiger charge is 2.02. The molecule has 1 heterocycles. The van der Waals surface area contributed by atoms with Crippen molar-refractivity contribution in [3.05, 3.63) is 66.9 Å². The second kappa shape index (κ2) is 8.82. The van der Waals surface area contributed by atoms with E-state index in [1.165, 1.54) is 0 Å². The molecule has 6 nitrogen and oxygen atoms in total. The summed E-state index contributed by atoms with van der Waals surface area (Å²) in [6.45, 7) is 1.77. The molecule has 0 unspecified atom stereocenters. The Kier molecular flexibility index (Phi) is 6.01. The first-order valence-electron chi connectivity index (χ1n) is 8.51. The Hall–Kier alpha value is -3.12. The Morgan fingerprint density at radius 1 is 0.923 bits per heavy atom. The van der Waals surface area contributed by atoms with Crippen molar-refractivity contribution in [3.8, 4) is 11.5 Å². The third kappa shape index (κ3) is 5.46. The van der Waals surface area contributed by atoms with Crippen LogP contribution in [0.2, 0.25) is 0 Å². The number of rotatable bonds is 8. The van der Waals surface area contributed by atoms with E-state index in [4.69, 9.17) is 4.74 Å². The number of benzene rings is 2. The zero-order valence-electron chi connectivity index (χ0n) is 15.0. The van der Waals surface area contributed by atoms with Gasteiger partial charge in [0.15, 0.2) is 0 Å². The van der Waals surface area contributed by atoms with Gasteiger partial charge in [0.1, 0.15) is 17.3 Å². The molecular formula is C20H23N5O. The van der Waals surface area contributed by atoms with E-state index in [1.54, 1.807) is 6.20 Å². The van der Waals surface area contributed by atoms with Gasteiger partial charge in [-0.2, -0.15) is 4.98 Å². The van der Waals surface area contributed by atoms with Gasteiger partial charge >= 0.3 is 0 Å². The van der Waals surface area contributed by atoms with Crippen molar-refractivity contribution in [2.24, 2.45) is 0 Å². The van der Waals surface area contributed by atoms with Crippen molar-refractivity contribution >= 4 is 17.5 Å². The number of ether oxygens (including phenoxy) is 1. The highest BCUT2D eigenvalue weighted by Crippen LogP contribution is 2.23. The normalized spacial score (nSPS) is 10.6. The standard InChI is InChI=1S/C20H23N5O/c1-25(2)15-14-21-19-12-13-22-20(24-19)23-16-8-10-18(11-9-16)26-17-6-4-3-5-7-17/h3-13H,14-15H2,1-2H3,(H2,21,22,23,24). The number of nitrogens with zero attached hydrogens (tertiary/aromatic N) is 3. The van der Waals surface area contributed by atoms with Crippen LogP contribution in [0.5, 0.6) is 11.5 Å². The van der Waals surface area contributed by atoms with Gasteiger partial charge in [0.25, 0.3) is 0 Å². The molecule has 2 aromatic carbocycles. The van der Waals surface area contributed by atoms with Crippen molar-refractivity contribution in [2.45, 2.75) is 0 Å². The molecule has 134 valence electrons. The van der Waals surface area contributed by atoms with Crippen molar-refractivity contribution in [1.82, 2.24) is 14.9 Å². The molecule has 0 saturated heterocycles. The molecule has 0 aliphatic heterocycles. The van der Waals surface area contributed by atoms with E-state index < -0.39 is 0 Å². The van der Waals surface area contributed by atoms with Crippen molar-refractivity contribution in [1.29, 1.82) is 0 Å². The van der Waals surface area contributed by atoms with Gasteiger partial charge < -0.3 is 20.3 Å². The summed E-state index contributed by atoms with van der Waals surface area (Å²) in [7, 11) is 4.08. The Bertz CT molecular complexity index is 806. The number of hydrogen-bond acceptors (Lipinski definition) is 6. The summed E-state index contributed by atoms with van der Waals surface area (Å²) in [5, 5.41) is 6.49. The van der Waals surface area contributed by atoms with Crippen molar-refractivity contribution < 1.29 is 4.74 Å². The maximum atomic E-state index is 5.79. The number of para-hydroxylation sites is 1. The second-order valence-corrected chi connectivity index (χ2v) is 6.06. The predicted octanol–water partition coefficient (Wildman–Crippen LogP) is 3.99. The lowest BCUT2D eigenvalue weighted by Gasteiger charge is -2.12. The molecule has 3 rings (SSSR count). The van der Waals surface area contributed by atoms with Crippen LogP contribution in [0.3, 0.4) is 0 Å². The van der Waals surface area contributed by atoms with Gasteiger partial charge in [0, 0.05) is 25.0 Å². The summed E-state index contributed by atoms with van der Waals surface area (Å²) in [6.07, 6.45) is 1.74. The SMILES string of the molecule is CN(C)CCNc1ccnc(Nc2ccc(Oc3ccccc3)cc2)n1. The van der Waals surface area contributed by atoms with Crippen LogP contribution in [0.4, 0.5) is 17.5 Å². The quantitative estimate of drug-likeness (QED) is 0.641. The number of hydrogen-bond donors (Lipinski definition) is 2. The average molecular weight is 349 g/mol. The van der Waals surface area contributed by atoms with Gasteiger partial charge in [0.05, 0.1) is 0 Å². The molecule has 26 heavy (non-hydrogen) atoms. The van der Waals surface area contributed by atoms with Gasteiger partial charge in [-0.15, -0.1) is 0 Å². The molecule has 0 atom stereocenters. The van der Waals surface area contributed by atoms with Gasteiger partial charge in [-0.3, -0.25) is 0 Å². The first kappa shape index (κ1) is 17.7. The molecule has 0 amide bonds. The van der Waals surface area contributed by atoms with E-state index in [0.29, 0.717) is 5.95 Å². The molecule has 0 aliphatic carbocycles. The van der Waals surface area contributed by atoms with Crippen LogP contribution in [0.15, 0.2) is 66.9 Å². The first-order chi connectivity index (χ1) is 12.7. The fourth-order valence-corrected chi connectivity index (χ4v) is 2.28. The van der Waals surface area contributed by atoms with Crippen LogP contribution >= 0.6 is 0 Å². The van der Waals surface area contributed by atoms with E-state index in [9.17, 15) is 0 Å². The van der Waals surface area contributed by atoms with E-state index >= 15 is 0 Å². The summed E-state index contributed by atoms with van der Waals surface area (Å²) in [5.41, 5.74) is 0.899. The van der Waals surface area contributed by atoms with Crippen LogP contribution in [0, 0.1) is 0 Å². The molecule has 0 aliphatic rings. The monoisotopic (exact) mass is 349 g/mol. The minimum absolute atomic E-state index is 0.552. The minimum Gasteiger partial charge on any atom is -0.457 e. The largest absolute Gasteiger partial charge is 0.457 e. The average Bonchev–Trinajstić information content (AvgIpc) is 2.64. The Labute approximate surface area is 153 Å². The third-order valence-corrected chi connectivity index (χ3v) is 3.61. The molecule has 3 aromatic rings. The summed E-state index contributed by atoms with van der Waals surface area (Å²) >= 11 is 0. The zero-order valence-corrected chi connectivity index (χ0v) is 15.0. The van der Waals surface area contributed by atoms with Crippen molar-refractivity contribution in [2.75, 3.05) is 37.8 Å².